The van der Waals surface area contributed by atoms with Gasteiger partial charge in [0.05, 0.1) is 11.8 Å². The van der Waals surface area contributed by atoms with Crippen LogP contribution in [0, 0.1) is 12.8 Å². The highest BCUT2D eigenvalue weighted by molar-refractivity contribution is 7.15. The first kappa shape index (κ1) is 19.4. The Hall–Kier alpha value is -1.97. The van der Waals surface area contributed by atoms with Gasteiger partial charge in [-0.2, -0.15) is 0 Å². The Morgan fingerprint density at radius 2 is 1.89 bits per heavy atom. The molecule has 0 aliphatic heterocycles. The summed E-state index contributed by atoms with van der Waals surface area (Å²) in [7, 11) is 0. The summed E-state index contributed by atoms with van der Waals surface area (Å²) in [5, 5.41) is 10.7. The molecular weight excluding hydrogens is 362 g/mol. The zero-order chi connectivity index (χ0) is 19.5. The van der Waals surface area contributed by atoms with Gasteiger partial charge in [-0.25, -0.2) is 4.98 Å². The van der Waals surface area contributed by atoms with Crippen LogP contribution in [-0.2, 0) is 12.8 Å². The summed E-state index contributed by atoms with van der Waals surface area (Å²) in [6, 6.07) is 17.2. The zero-order valence-electron chi connectivity index (χ0n) is 16.8. The number of thiazole rings is 1. The average molecular weight is 392 g/mol. The van der Waals surface area contributed by atoms with Gasteiger partial charge in [-0.3, -0.25) is 0 Å². The highest BCUT2D eigenvalue weighted by Crippen LogP contribution is 2.39. The molecule has 1 unspecified atom stereocenters. The average Bonchev–Trinajstić information content (AvgIpc) is 3.11. The molecule has 0 saturated carbocycles. The van der Waals surface area contributed by atoms with Crippen molar-refractivity contribution >= 4 is 11.3 Å². The third kappa shape index (κ3) is 4.21. The van der Waals surface area contributed by atoms with Crippen molar-refractivity contribution in [2.75, 3.05) is 0 Å². The smallest absolute Gasteiger partial charge is 0.124 e. The summed E-state index contributed by atoms with van der Waals surface area (Å²) in [5.74, 6) is 0.747. The standard InChI is InChI=1S/C25H29NOS/c1-17(27)8-6-9-19-14-15-23-24(16-19)28-25(26-23)22-13-7-12-21(18(22)2)20-10-4-3-5-11-20/h3-5,7,10-13,17,19,27H,6,8-9,14-16H2,1-2H3/t17-,19?/m0/s1. The van der Waals surface area contributed by atoms with Crippen molar-refractivity contribution in [3.63, 3.8) is 0 Å². The Morgan fingerprint density at radius 3 is 2.68 bits per heavy atom. The van der Waals surface area contributed by atoms with Gasteiger partial charge in [0, 0.05) is 10.4 Å². The maximum atomic E-state index is 9.49. The summed E-state index contributed by atoms with van der Waals surface area (Å²) in [4.78, 5) is 6.52. The molecule has 0 spiro atoms. The van der Waals surface area contributed by atoms with E-state index in [1.165, 1.54) is 50.7 Å². The maximum Gasteiger partial charge on any atom is 0.124 e. The molecule has 4 rings (SSSR count). The van der Waals surface area contributed by atoms with Gasteiger partial charge < -0.3 is 5.11 Å². The normalized spacial score (nSPS) is 17.3. The number of aromatic nitrogens is 1. The van der Waals surface area contributed by atoms with E-state index in [0.29, 0.717) is 0 Å². The lowest BCUT2D eigenvalue weighted by Gasteiger charge is -2.21. The zero-order valence-corrected chi connectivity index (χ0v) is 17.6. The molecule has 0 radical (unpaired) electrons. The van der Waals surface area contributed by atoms with E-state index in [-0.39, 0.29) is 6.10 Å². The van der Waals surface area contributed by atoms with Crippen molar-refractivity contribution in [1.82, 2.24) is 4.98 Å². The molecule has 1 aliphatic carbocycles. The van der Waals surface area contributed by atoms with Crippen molar-refractivity contribution in [1.29, 1.82) is 0 Å². The fourth-order valence-corrected chi connectivity index (χ4v) is 5.61. The predicted molar refractivity (Wildman–Crippen MR) is 119 cm³/mol. The van der Waals surface area contributed by atoms with Crippen molar-refractivity contribution in [3.8, 4) is 21.7 Å². The van der Waals surface area contributed by atoms with Crippen molar-refractivity contribution in [3.05, 3.63) is 64.7 Å². The maximum absolute atomic E-state index is 9.49. The molecule has 146 valence electrons. The largest absolute Gasteiger partial charge is 0.393 e. The summed E-state index contributed by atoms with van der Waals surface area (Å²) >= 11 is 1.89. The molecule has 1 aromatic heterocycles. The molecule has 28 heavy (non-hydrogen) atoms. The fraction of sp³-hybridized carbons (Fsp3) is 0.400. The highest BCUT2D eigenvalue weighted by atomic mass is 32.1. The molecule has 1 heterocycles. The van der Waals surface area contributed by atoms with Gasteiger partial charge in [0.1, 0.15) is 5.01 Å². The van der Waals surface area contributed by atoms with E-state index in [9.17, 15) is 5.11 Å². The third-order valence-electron chi connectivity index (χ3n) is 5.92. The number of hydrogen-bond acceptors (Lipinski definition) is 3. The third-order valence-corrected chi connectivity index (χ3v) is 7.08. The number of aliphatic hydroxyl groups is 1. The van der Waals surface area contributed by atoms with Crippen LogP contribution in [0.15, 0.2) is 48.5 Å². The lowest BCUT2D eigenvalue weighted by atomic mass is 9.87. The Labute approximate surface area is 172 Å². The fourth-order valence-electron chi connectivity index (χ4n) is 4.30. The van der Waals surface area contributed by atoms with Crippen molar-refractivity contribution in [2.24, 2.45) is 5.92 Å². The second-order valence-corrected chi connectivity index (χ2v) is 9.21. The number of fused-ring (bicyclic) bond motifs is 1. The lowest BCUT2D eigenvalue weighted by Crippen LogP contribution is -2.13. The summed E-state index contributed by atoms with van der Waals surface area (Å²) in [6.45, 7) is 4.11. The van der Waals surface area contributed by atoms with Crippen LogP contribution < -0.4 is 0 Å². The Kier molecular flexibility index (Phi) is 5.93. The Bertz CT molecular complexity index is 929. The van der Waals surface area contributed by atoms with E-state index < -0.39 is 0 Å². The first-order chi connectivity index (χ1) is 13.6. The van der Waals surface area contributed by atoms with E-state index in [2.05, 4.69) is 55.5 Å². The number of aliphatic hydroxyl groups excluding tert-OH is 1. The van der Waals surface area contributed by atoms with Crippen LogP contribution >= 0.6 is 11.3 Å². The molecular formula is C25H29NOS. The summed E-state index contributed by atoms with van der Waals surface area (Å²) in [6.07, 6.45) is 6.59. The van der Waals surface area contributed by atoms with Gasteiger partial charge in [-0.05, 0) is 68.6 Å². The number of hydrogen-bond donors (Lipinski definition) is 1. The first-order valence-electron chi connectivity index (χ1n) is 10.4. The molecule has 2 atom stereocenters. The Balaban J connectivity index is 1.55. The van der Waals surface area contributed by atoms with Gasteiger partial charge in [-0.15, -0.1) is 11.3 Å². The minimum Gasteiger partial charge on any atom is -0.393 e. The predicted octanol–water partition coefficient (Wildman–Crippen LogP) is 6.44. The molecule has 0 amide bonds. The first-order valence-corrected chi connectivity index (χ1v) is 11.3. The number of rotatable bonds is 6. The molecule has 0 bridgehead atoms. The van der Waals surface area contributed by atoms with E-state index in [0.717, 1.165) is 31.6 Å². The highest BCUT2D eigenvalue weighted by Gasteiger charge is 2.23. The van der Waals surface area contributed by atoms with Crippen LogP contribution in [0.2, 0.25) is 0 Å². The Morgan fingerprint density at radius 1 is 1.11 bits per heavy atom. The van der Waals surface area contributed by atoms with Crippen molar-refractivity contribution < 1.29 is 5.11 Å². The van der Waals surface area contributed by atoms with Crippen LogP contribution in [0.1, 0.15) is 48.7 Å². The van der Waals surface area contributed by atoms with Crippen LogP contribution in [0.5, 0.6) is 0 Å². The van der Waals surface area contributed by atoms with Crippen LogP contribution in [0.4, 0.5) is 0 Å². The monoisotopic (exact) mass is 391 g/mol. The van der Waals surface area contributed by atoms with Gasteiger partial charge >= 0.3 is 0 Å². The lowest BCUT2D eigenvalue weighted by molar-refractivity contribution is 0.177. The summed E-state index contributed by atoms with van der Waals surface area (Å²) < 4.78 is 0. The van der Waals surface area contributed by atoms with E-state index in [1.807, 2.05) is 18.3 Å². The van der Waals surface area contributed by atoms with Gasteiger partial charge in [-0.1, -0.05) is 55.0 Å². The number of aryl methyl sites for hydroxylation is 1. The topological polar surface area (TPSA) is 33.1 Å². The second-order valence-electron chi connectivity index (χ2n) is 8.12. The quantitative estimate of drug-likeness (QED) is 0.524. The molecule has 3 heteroatoms. The molecule has 0 fully saturated rings. The molecule has 2 aromatic carbocycles. The second kappa shape index (κ2) is 8.59. The summed E-state index contributed by atoms with van der Waals surface area (Å²) in [5.41, 5.74) is 6.46. The van der Waals surface area contributed by atoms with Gasteiger partial charge in [0.15, 0.2) is 0 Å². The van der Waals surface area contributed by atoms with E-state index >= 15 is 0 Å². The SMILES string of the molecule is Cc1c(-c2ccccc2)cccc1-c1nc2c(s1)CC(CCC[C@H](C)O)CC2. The molecule has 0 saturated heterocycles. The number of benzene rings is 2. The van der Waals surface area contributed by atoms with Crippen LogP contribution in [0.25, 0.3) is 21.7 Å². The van der Waals surface area contributed by atoms with Gasteiger partial charge in [0.25, 0.3) is 0 Å². The van der Waals surface area contributed by atoms with Crippen LogP contribution in [0.3, 0.4) is 0 Å². The minimum atomic E-state index is -0.172. The molecule has 2 nitrogen and oxygen atoms in total. The minimum absolute atomic E-state index is 0.172. The van der Waals surface area contributed by atoms with Gasteiger partial charge in [0.2, 0.25) is 0 Å². The molecule has 3 aromatic rings. The number of nitrogens with zero attached hydrogens (tertiary/aromatic N) is 1. The van der Waals surface area contributed by atoms with E-state index in [4.69, 9.17) is 4.98 Å². The van der Waals surface area contributed by atoms with E-state index in [1.54, 1.807) is 0 Å². The molecule has 1 aliphatic rings. The van der Waals surface area contributed by atoms with Crippen molar-refractivity contribution in [2.45, 2.75) is 58.5 Å². The molecule has 1 N–H and O–H groups in total. The van der Waals surface area contributed by atoms with Crippen LogP contribution in [-0.4, -0.2) is 16.2 Å².